The average molecular weight is 332 g/mol. The van der Waals surface area contributed by atoms with E-state index in [1.54, 1.807) is 12.1 Å². The van der Waals surface area contributed by atoms with Gasteiger partial charge in [-0.25, -0.2) is 0 Å². The highest BCUT2D eigenvalue weighted by Crippen LogP contribution is 2.26. The smallest absolute Gasteiger partial charge is 0.406 e. The fraction of sp³-hybridized carbons (Fsp3) is 0.250. The first-order chi connectivity index (χ1) is 9.89. The molecule has 0 saturated heterocycles. The molecule has 2 nitrogen and oxygen atoms in total. The van der Waals surface area contributed by atoms with E-state index in [9.17, 15) is 13.2 Å². The number of hydrogen-bond acceptors (Lipinski definition) is 2. The van der Waals surface area contributed by atoms with Crippen molar-refractivity contribution < 1.29 is 17.9 Å². The summed E-state index contributed by atoms with van der Waals surface area (Å²) in [6.45, 7) is 2.06. The Labute approximate surface area is 133 Å². The molecule has 0 aliphatic carbocycles. The van der Waals surface area contributed by atoms with Crippen LogP contribution in [0.4, 0.5) is 13.2 Å². The van der Waals surface area contributed by atoms with E-state index >= 15 is 0 Å². The highest BCUT2D eigenvalue weighted by molar-refractivity contribution is 5.85. The molecule has 2 aromatic carbocycles. The Morgan fingerprint density at radius 3 is 1.82 bits per heavy atom. The van der Waals surface area contributed by atoms with Crippen LogP contribution in [0.15, 0.2) is 48.5 Å². The molecule has 0 radical (unpaired) electrons. The van der Waals surface area contributed by atoms with Crippen LogP contribution in [0, 0.1) is 0 Å². The van der Waals surface area contributed by atoms with E-state index < -0.39 is 6.36 Å². The van der Waals surface area contributed by atoms with Crippen molar-refractivity contribution in [2.24, 2.45) is 5.73 Å². The molecule has 0 fully saturated rings. The van der Waals surface area contributed by atoms with Gasteiger partial charge in [0.2, 0.25) is 0 Å². The maximum atomic E-state index is 12.1. The first kappa shape index (κ1) is 18.3. The van der Waals surface area contributed by atoms with Crippen molar-refractivity contribution in [3.8, 4) is 5.75 Å². The Kier molecular flexibility index (Phi) is 6.26. The summed E-state index contributed by atoms with van der Waals surface area (Å²) in [5.41, 5.74) is 8.97. The molecule has 2 rings (SSSR count). The molecule has 0 aliphatic rings. The molecule has 0 unspecified atom stereocenters. The number of ether oxygens (including phenoxy) is 1. The second-order valence-corrected chi connectivity index (χ2v) is 4.69. The minimum absolute atomic E-state index is 0. The monoisotopic (exact) mass is 331 g/mol. The molecule has 6 heteroatoms. The maximum Gasteiger partial charge on any atom is 0.573 e. The summed E-state index contributed by atoms with van der Waals surface area (Å²) in [6.07, 6.45) is -3.74. The number of benzene rings is 2. The van der Waals surface area contributed by atoms with Crippen LogP contribution in [0.5, 0.6) is 5.75 Å². The van der Waals surface area contributed by atoms with Gasteiger partial charge in [0.25, 0.3) is 0 Å². The summed E-state index contributed by atoms with van der Waals surface area (Å²) in [7, 11) is 0. The van der Waals surface area contributed by atoms with Gasteiger partial charge in [0.15, 0.2) is 0 Å². The van der Waals surface area contributed by atoms with Gasteiger partial charge < -0.3 is 10.5 Å². The summed E-state index contributed by atoms with van der Waals surface area (Å²) < 4.78 is 40.1. The van der Waals surface area contributed by atoms with E-state index in [-0.39, 0.29) is 24.2 Å². The molecule has 120 valence electrons. The molecule has 2 N–H and O–H groups in total. The summed E-state index contributed by atoms with van der Waals surface area (Å²) in [5.74, 6) is -0.250. The lowest BCUT2D eigenvalue weighted by Gasteiger charge is -2.14. The topological polar surface area (TPSA) is 35.2 Å². The zero-order valence-corrected chi connectivity index (χ0v) is 12.7. The normalized spacial score (nSPS) is 12.4. The zero-order valence-electron chi connectivity index (χ0n) is 11.9. The van der Waals surface area contributed by atoms with Gasteiger partial charge in [-0.3, -0.25) is 0 Å². The Balaban J connectivity index is 0.00000242. The predicted molar refractivity (Wildman–Crippen MR) is 82.2 cm³/mol. The molecule has 0 aromatic heterocycles. The van der Waals surface area contributed by atoms with Crippen molar-refractivity contribution in [3.63, 3.8) is 0 Å². The Morgan fingerprint density at radius 1 is 0.955 bits per heavy atom. The van der Waals surface area contributed by atoms with Gasteiger partial charge in [-0.2, -0.15) is 0 Å². The van der Waals surface area contributed by atoms with Gasteiger partial charge in [-0.15, -0.1) is 25.6 Å². The van der Waals surface area contributed by atoms with Gasteiger partial charge in [0, 0.05) is 0 Å². The summed E-state index contributed by atoms with van der Waals surface area (Å²) >= 11 is 0. The third-order valence-electron chi connectivity index (χ3n) is 3.22. The third-order valence-corrected chi connectivity index (χ3v) is 3.22. The first-order valence-corrected chi connectivity index (χ1v) is 6.59. The van der Waals surface area contributed by atoms with Crippen molar-refractivity contribution in [2.75, 3.05) is 0 Å². The second-order valence-electron chi connectivity index (χ2n) is 4.69. The largest absolute Gasteiger partial charge is 0.573 e. The quantitative estimate of drug-likeness (QED) is 0.887. The van der Waals surface area contributed by atoms with Crippen molar-refractivity contribution in [3.05, 3.63) is 65.2 Å². The standard InChI is InChI=1S/C16H16F3NO.ClH/c1-2-11-3-5-12(6-4-11)15(20)13-7-9-14(10-8-13)21-16(17,18)19;/h3-10,15H,2,20H2,1H3;1H/t15-;/m1./s1. The second kappa shape index (κ2) is 7.51. The van der Waals surface area contributed by atoms with Gasteiger partial charge in [-0.1, -0.05) is 43.3 Å². The van der Waals surface area contributed by atoms with Gasteiger partial charge in [0.05, 0.1) is 6.04 Å². The number of aryl methyl sites for hydroxylation is 1. The minimum Gasteiger partial charge on any atom is -0.406 e. The maximum absolute atomic E-state index is 12.1. The number of alkyl halides is 3. The van der Waals surface area contributed by atoms with Crippen LogP contribution in [-0.4, -0.2) is 6.36 Å². The zero-order chi connectivity index (χ0) is 15.5. The van der Waals surface area contributed by atoms with Crippen LogP contribution in [-0.2, 0) is 6.42 Å². The summed E-state index contributed by atoms with van der Waals surface area (Å²) in [4.78, 5) is 0. The molecular formula is C16H17ClF3NO. The number of nitrogens with two attached hydrogens (primary N) is 1. The molecule has 0 saturated carbocycles. The molecule has 0 heterocycles. The molecule has 1 atom stereocenters. The summed E-state index contributed by atoms with van der Waals surface area (Å²) in [5, 5.41) is 0. The Morgan fingerprint density at radius 2 is 1.41 bits per heavy atom. The van der Waals surface area contributed by atoms with E-state index in [0.29, 0.717) is 0 Å². The van der Waals surface area contributed by atoms with Crippen molar-refractivity contribution >= 4 is 12.4 Å². The predicted octanol–water partition coefficient (Wildman–Crippen LogP) is 4.62. The fourth-order valence-electron chi connectivity index (χ4n) is 2.03. The molecule has 0 bridgehead atoms. The molecule has 0 amide bonds. The third kappa shape index (κ3) is 4.93. The minimum atomic E-state index is -4.68. The SMILES string of the molecule is CCc1ccc([C@@H](N)c2ccc(OC(F)(F)F)cc2)cc1.Cl. The molecule has 0 aliphatic heterocycles. The van der Waals surface area contributed by atoms with Crippen LogP contribution < -0.4 is 10.5 Å². The number of rotatable bonds is 4. The molecule has 22 heavy (non-hydrogen) atoms. The summed E-state index contributed by atoms with van der Waals surface area (Å²) in [6, 6.07) is 13.1. The van der Waals surface area contributed by atoms with Crippen LogP contribution in [0.25, 0.3) is 0 Å². The highest BCUT2D eigenvalue weighted by atomic mass is 35.5. The lowest BCUT2D eigenvalue weighted by Crippen LogP contribution is -2.17. The Bertz CT molecular complexity index is 582. The van der Waals surface area contributed by atoms with Crippen molar-refractivity contribution in [2.45, 2.75) is 25.7 Å². The van der Waals surface area contributed by atoms with E-state index in [0.717, 1.165) is 17.5 Å². The van der Waals surface area contributed by atoms with Crippen LogP contribution in [0.2, 0.25) is 0 Å². The van der Waals surface area contributed by atoms with E-state index in [4.69, 9.17) is 5.73 Å². The van der Waals surface area contributed by atoms with Crippen LogP contribution in [0.3, 0.4) is 0 Å². The van der Waals surface area contributed by atoms with E-state index in [2.05, 4.69) is 11.7 Å². The molecular weight excluding hydrogens is 315 g/mol. The first-order valence-electron chi connectivity index (χ1n) is 6.59. The highest BCUT2D eigenvalue weighted by Gasteiger charge is 2.31. The average Bonchev–Trinajstić information content (AvgIpc) is 2.46. The fourth-order valence-corrected chi connectivity index (χ4v) is 2.03. The lowest BCUT2D eigenvalue weighted by molar-refractivity contribution is -0.274. The molecule has 0 spiro atoms. The van der Waals surface area contributed by atoms with E-state index in [1.165, 1.54) is 17.7 Å². The number of halogens is 4. The molecule has 2 aromatic rings. The lowest BCUT2D eigenvalue weighted by atomic mass is 9.98. The van der Waals surface area contributed by atoms with Crippen molar-refractivity contribution in [1.29, 1.82) is 0 Å². The Hall–Kier alpha value is -1.72. The van der Waals surface area contributed by atoms with Crippen LogP contribution >= 0.6 is 12.4 Å². The van der Waals surface area contributed by atoms with Crippen molar-refractivity contribution in [1.82, 2.24) is 0 Å². The van der Waals surface area contributed by atoms with Gasteiger partial charge in [0.1, 0.15) is 5.75 Å². The van der Waals surface area contributed by atoms with Gasteiger partial charge >= 0.3 is 6.36 Å². The number of hydrogen-bond donors (Lipinski definition) is 1. The van der Waals surface area contributed by atoms with E-state index in [1.807, 2.05) is 24.3 Å². The van der Waals surface area contributed by atoms with Crippen LogP contribution in [0.1, 0.15) is 29.7 Å². The van der Waals surface area contributed by atoms with Gasteiger partial charge in [-0.05, 0) is 35.2 Å².